The third-order valence-electron chi connectivity index (χ3n) is 5.05. The molecular weight excluding hydrogens is 542 g/mol. The molecule has 4 aromatic rings. The van der Waals surface area contributed by atoms with Crippen LogP contribution in [0.2, 0.25) is 0 Å². The number of nitrogens with one attached hydrogen (secondary N) is 2. The molecule has 6 N–H and O–H groups in total. The van der Waals surface area contributed by atoms with Gasteiger partial charge in [0.25, 0.3) is 0 Å². The largest absolute Gasteiger partial charge is 0.557 e. The maximum atomic E-state index is 9.77. The van der Waals surface area contributed by atoms with Crippen LogP contribution in [0.4, 0.5) is 0 Å². The van der Waals surface area contributed by atoms with E-state index < -0.39 is 15.9 Å². The van der Waals surface area contributed by atoms with Gasteiger partial charge in [-0.3, -0.25) is 18.1 Å². The van der Waals surface area contributed by atoms with E-state index in [4.69, 9.17) is 18.1 Å². The van der Waals surface area contributed by atoms with Crippen LogP contribution in [-0.4, -0.2) is 33.6 Å². The van der Waals surface area contributed by atoms with Gasteiger partial charge < -0.3 is 20.4 Å². The zero-order valence-electron chi connectivity index (χ0n) is 21.3. The van der Waals surface area contributed by atoms with E-state index >= 15 is 0 Å². The minimum absolute atomic E-state index is 0.0748. The molecule has 4 rings (SSSR count). The number of rotatable bonds is 12. The van der Waals surface area contributed by atoms with E-state index in [1.165, 1.54) is 48.5 Å². The van der Waals surface area contributed by atoms with Crippen molar-refractivity contribution in [3.63, 3.8) is 0 Å². The predicted octanol–water partition coefficient (Wildman–Crippen LogP) is 6.39. The molecule has 204 valence electrons. The van der Waals surface area contributed by atoms with E-state index in [2.05, 4.69) is 9.95 Å². The summed E-state index contributed by atoms with van der Waals surface area (Å²) in [5.74, 6) is 1.93. The summed E-state index contributed by atoms with van der Waals surface area (Å²) in [6, 6.07) is 24.7. The van der Waals surface area contributed by atoms with Gasteiger partial charge in [0, 0.05) is 6.54 Å². The monoisotopic (exact) mass is 572 g/mol. The van der Waals surface area contributed by atoms with Gasteiger partial charge in [0.2, 0.25) is 0 Å². The lowest BCUT2D eigenvalue weighted by Gasteiger charge is -2.27. The van der Waals surface area contributed by atoms with Crippen molar-refractivity contribution in [1.29, 1.82) is 0 Å². The van der Waals surface area contributed by atoms with E-state index in [9.17, 15) is 20.4 Å². The van der Waals surface area contributed by atoms with Gasteiger partial charge in [0.05, 0.1) is 4.86 Å². The molecule has 0 amide bonds. The van der Waals surface area contributed by atoms with E-state index in [-0.39, 0.29) is 23.0 Å². The summed E-state index contributed by atoms with van der Waals surface area (Å²) in [5, 5.41) is 42.3. The first-order valence-corrected chi connectivity index (χ1v) is 15.6. The van der Waals surface area contributed by atoms with E-state index in [1.54, 1.807) is 55.2 Å². The van der Waals surface area contributed by atoms with Crippen LogP contribution in [0.1, 0.15) is 6.92 Å². The molecule has 0 unspecified atom stereocenters. The van der Waals surface area contributed by atoms with Crippen LogP contribution in [0, 0.1) is 0 Å². The van der Waals surface area contributed by atoms with Crippen molar-refractivity contribution in [3.05, 3.63) is 97.1 Å². The molecule has 0 spiro atoms. The molecule has 12 heteroatoms. The van der Waals surface area contributed by atoms with Crippen LogP contribution in [0.5, 0.6) is 46.0 Å². The quantitative estimate of drug-likeness (QED) is 0.106. The number of phenolic OH excluding ortho intramolecular Hbond substituents is 4. The van der Waals surface area contributed by atoms with E-state index in [0.717, 1.165) is 0 Å². The van der Waals surface area contributed by atoms with E-state index in [0.29, 0.717) is 29.5 Å². The molecule has 0 radical (unpaired) electrons. The summed E-state index contributed by atoms with van der Waals surface area (Å²) in [4.78, 5) is 3.37. The fraction of sp³-hybridized carbons (Fsp3) is 0.111. The molecule has 39 heavy (non-hydrogen) atoms. The second-order valence-corrected chi connectivity index (χ2v) is 13.0. The number of phenols is 4. The maximum Gasteiger partial charge on any atom is 0.557 e. The summed E-state index contributed by atoms with van der Waals surface area (Å²) >= 11 is 0. The normalized spacial score (nSPS) is 11.5. The first-order valence-electron chi connectivity index (χ1n) is 11.9. The SMILES string of the molecule is CCN[P+](N[P+](C)(Oc1ccc(O)cc1)Oc1ccc(O)cc1)(Oc1ccc(O)cc1)Oc1ccc(O)cc1. The fourth-order valence-corrected chi connectivity index (χ4v) is 8.75. The summed E-state index contributed by atoms with van der Waals surface area (Å²) in [6.07, 6.45) is 0. The molecule has 0 aliphatic rings. The van der Waals surface area contributed by atoms with Crippen LogP contribution in [0.3, 0.4) is 0 Å². The van der Waals surface area contributed by atoms with Gasteiger partial charge in [-0.05, 0) is 104 Å². The molecule has 0 saturated carbocycles. The molecule has 0 aliphatic heterocycles. The minimum atomic E-state index is -3.35. The molecule has 0 fully saturated rings. The fourth-order valence-electron chi connectivity index (χ4n) is 3.39. The van der Waals surface area contributed by atoms with Gasteiger partial charge in [-0.2, -0.15) is 0 Å². The Hall–Kier alpha value is -3.94. The first kappa shape index (κ1) is 28.1. The Bertz CT molecular complexity index is 1240. The van der Waals surface area contributed by atoms with Gasteiger partial charge in [0.1, 0.15) is 29.7 Å². The lowest BCUT2D eigenvalue weighted by atomic mass is 10.3. The van der Waals surface area contributed by atoms with E-state index in [1.807, 2.05) is 6.92 Å². The van der Waals surface area contributed by atoms with Gasteiger partial charge in [-0.1, -0.05) is 0 Å². The van der Waals surface area contributed by atoms with Gasteiger partial charge in [-0.15, -0.1) is 5.09 Å². The predicted molar refractivity (Wildman–Crippen MR) is 152 cm³/mol. The van der Waals surface area contributed by atoms with Crippen molar-refractivity contribution in [1.82, 2.24) is 9.95 Å². The summed E-state index contributed by atoms with van der Waals surface area (Å²) in [7, 11) is -6.51. The third kappa shape index (κ3) is 8.02. The highest BCUT2D eigenvalue weighted by Gasteiger charge is 2.61. The highest BCUT2D eigenvalue weighted by Crippen LogP contribution is 2.66. The Labute approximate surface area is 227 Å². The summed E-state index contributed by atoms with van der Waals surface area (Å²) in [6.45, 7) is 4.04. The van der Waals surface area contributed by atoms with Crippen molar-refractivity contribution in [2.24, 2.45) is 0 Å². The van der Waals surface area contributed by atoms with Crippen molar-refractivity contribution < 1.29 is 38.5 Å². The Morgan fingerprint density at radius 2 is 0.795 bits per heavy atom. The van der Waals surface area contributed by atoms with Gasteiger partial charge in [0.15, 0.2) is 23.0 Å². The van der Waals surface area contributed by atoms with Crippen molar-refractivity contribution >= 4 is 15.9 Å². The smallest absolute Gasteiger partial charge is 0.508 e. The highest BCUT2D eigenvalue weighted by molar-refractivity contribution is 7.79. The van der Waals surface area contributed by atoms with Crippen LogP contribution in [-0.2, 0) is 0 Å². The number of hydrogen-bond acceptors (Lipinski definition) is 10. The summed E-state index contributed by atoms with van der Waals surface area (Å²) < 4.78 is 25.6. The Morgan fingerprint density at radius 3 is 1.08 bits per heavy atom. The summed E-state index contributed by atoms with van der Waals surface area (Å²) in [5.41, 5.74) is 0. The standard InChI is InChI=1S/C27H28N2O8P2/c1-3-28-39(36-26-16-8-22(32)9-17-26,37-27-18-10-23(33)11-19-27)29-38(2,34-24-12-4-20(30)5-13-24)35-25-14-6-21(31)7-15-25/h4-19,28-29H,3H2,1-2H3,(H2-2,30,31,32,33)/p+2. The molecular formula is C27H30N2O8P2+2. The molecule has 0 atom stereocenters. The molecule has 0 heterocycles. The third-order valence-corrected chi connectivity index (χ3v) is 10.3. The topological polar surface area (TPSA) is 142 Å². The second kappa shape index (κ2) is 12.3. The molecule has 10 nitrogen and oxygen atoms in total. The Balaban J connectivity index is 1.76. The van der Waals surface area contributed by atoms with Crippen LogP contribution in [0.25, 0.3) is 0 Å². The average Bonchev–Trinajstić information content (AvgIpc) is 2.90. The molecule has 0 aromatic heterocycles. The molecule has 0 aliphatic carbocycles. The van der Waals surface area contributed by atoms with Crippen molar-refractivity contribution in [2.75, 3.05) is 13.2 Å². The number of aromatic hydroxyl groups is 4. The highest BCUT2D eigenvalue weighted by atomic mass is 31.3. The zero-order valence-corrected chi connectivity index (χ0v) is 23.0. The molecule has 0 saturated heterocycles. The lowest BCUT2D eigenvalue weighted by molar-refractivity contribution is 0.416. The first-order chi connectivity index (χ1) is 18.7. The van der Waals surface area contributed by atoms with Crippen LogP contribution >= 0.6 is 15.9 Å². The van der Waals surface area contributed by atoms with Crippen LogP contribution in [0.15, 0.2) is 97.1 Å². The van der Waals surface area contributed by atoms with Crippen LogP contribution < -0.4 is 28.0 Å². The zero-order chi connectivity index (χ0) is 27.9. The van der Waals surface area contributed by atoms with Crippen molar-refractivity contribution in [3.8, 4) is 46.0 Å². The Kier molecular flexibility index (Phi) is 8.84. The van der Waals surface area contributed by atoms with Gasteiger partial charge in [-0.25, -0.2) is 0 Å². The average molecular weight is 572 g/mol. The molecule has 0 bridgehead atoms. The number of hydrogen-bond donors (Lipinski definition) is 6. The second-order valence-electron chi connectivity index (χ2n) is 8.35. The maximum absolute atomic E-state index is 9.77. The van der Waals surface area contributed by atoms with Gasteiger partial charge >= 0.3 is 15.9 Å². The number of benzene rings is 4. The minimum Gasteiger partial charge on any atom is -0.508 e. The Morgan fingerprint density at radius 1 is 0.513 bits per heavy atom. The van der Waals surface area contributed by atoms with Crippen molar-refractivity contribution in [2.45, 2.75) is 6.92 Å². The molecule has 4 aromatic carbocycles. The lowest BCUT2D eigenvalue weighted by Crippen LogP contribution is -2.37.